The van der Waals surface area contributed by atoms with Gasteiger partial charge in [0.1, 0.15) is 12.1 Å². The van der Waals surface area contributed by atoms with Gasteiger partial charge in [-0.25, -0.2) is 15.0 Å². The molecule has 3 N–H and O–H groups in total. The number of pyridine rings is 1. The summed E-state index contributed by atoms with van der Waals surface area (Å²) in [5.74, 6) is 1.03. The Morgan fingerprint density at radius 1 is 1.14 bits per heavy atom. The number of fused-ring (bicyclic) bond motifs is 2. The predicted molar refractivity (Wildman–Crippen MR) is 137 cm³/mol. The highest BCUT2D eigenvalue weighted by atomic mass is 16.5. The normalized spacial score (nSPS) is 15.6. The first-order valence-corrected chi connectivity index (χ1v) is 12.0. The molecule has 182 valence electrons. The van der Waals surface area contributed by atoms with Gasteiger partial charge < -0.3 is 20.7 Å². The maximum Gasteiger partial charge on any atom is 0.257 e. The third-order valence-electron chi connectivity index (χ3n) is 6.66. The average molecular weight is 483 g/mol. The zero-order chi connectivity index (χ0) is 24.5. The first-order valence-electron chi connectivity index (χ1n) is 12.0. The third-order valence-corrected chi connectivity index (χ3v) is 6.66. The van der Waals surface area contributed by atoms with Crippen LogP contribution in [0.2, 0.25) is 0 Å². The molecule has 0 aliphatic carbocycles. The molecule has 3 aromatic heterocycles. The van der Waals surface area contributed by atoms with Crippen LogP contribution in [0.5, 0.6) is 5.88 Å². The van der Waals surface area contributed by atoms with E-state index in [1.807, 2.05) is 35.1 Å². The molecule has 0 bridgehead atoms. The van der Waals surface area contributed by atoms with Gasteiger partial charge in [0, 0.05) is 24.5 Å². The van der Waals surface area contributed by atoms with Gasteiger partial charge in [-0.1, -0.05) is 12.1 Å². The molecule has 2 aliphatic rings. The fourth-order valence-electron chi connectivity index (χ4n) is 4.81. The Kier molecular flexibility index (Phi) is 5.78. The molecular formula is C26H26N8O2. The summed E-state index contributed by atoms with van der Waals surface area (Å²) in [6, 6.07) is 8.19. The molecule has 0 saturated carbocycles. The number of aromatic nitrogens is 5. The van der Waals surface area contributed by atoms with E-state index in [0.29, 0.717) is 29.7 Å². The van der Waals surface area contributed by atoms with Gasteiger partial charge in [0.2, 0.25) is 5.88 Å². The summed E-state index contributed by atoms with van der Waals surface area (Å²) in [6.07, 6.45) is 10.8. The summed E-state index contributed by atoms with van der Waals surface area (Å²) in [5, 5.41) is 14.9. The van der Waals surface area contributed by atoms with E-state index in [1.165, 1.54) is 6.33 Å². The van der Waals surface area contributed by atoms with Crippen LogP contribution < -0.4 is 20.7 Å². The van der Waals surface area contributed by atoms with Crippen molar-refractivity contribution >= 4 is 33.9 Å². The Hall–Kier alpha value is -4.31. The number of amides is 1. The van der Waals surface area contributed by atoms with Crippen molar-refractivity contribution in [2.24, 2.45) is 0 Å². The SMILES string of the molecule is COc1ncnc2ccc(C3=CCNc4ncc(C(=O)Nc5cnn(C6CCNCC6)c5)cc43)cc12. The fraction of sp³-hybridized carbons (Fsp3) is 0.269. The van der Waals surface area contributed by atoms with Gasteiger partial charge in [-0.05, 0) is 55.3 Å². The second kappa shape index (κ2) is 9.38. The van der Waals surface area contributed by atoms with Crippen molar-refractivity contribution < 1.29 is 9.53 Å². The fourth-order valence-corrected chi connectivity index (χ4v) is 4.81. The lowest BCUT2D eigenvalue weighted by atomic mass is 9.94. The number of nitrogens with one attached hydrogen (secondary N) is 3. The van der Waals surface area contributed by atoms with Crippen molar-refractivity contribution in [3.8, 4) is 5.88 Å². The van der Waals surface area contributed by atoms with Crippen molar-refractivity contribution in [1.29, 1.82) is 0 Å². The van der Waals surface area contributed by atoms with Crippen LogP contribution in [0.4, 0.5) is 11.5 Å². The van der Waals surface area contributed by atoms with Crippen LogP contribution in [0.3, 0.4) is 0 Å². The zero-order valence-corrected chi connectivity index (χ0v) is 19.9. The van der Waals surface area contributed by atoms with E-state index in [1.54, 1.807) is 19.5 Å². The summed E-state index contributed by atoms with van der Waals surface area (Å²) in [5.41, 5.74) is 4.76. The number of nitrogens with zero attached hydrogens (tertiary/aromatic N) is 5. The number of carbonyl (C=O) groups excluding carboxylic acids is 1. The predicted octanol–water partition coefficient (Wildman–Crippen LogP) is 3.26. The second-order valence-electron chi connectivity index (χ2n) is 8.88. The second-order valence-corrected chi connectivity index (χ2v) is 8.88. The number of piperidine rings is 1. The lowest BCUT2D eigenvalue weighted by molar-refractivity contribution is 0.102. The Morgan fingerprint density at radius 2 is 2.03 bits per heavy atom. The minimum atomic E-state index is -0.228. The standard InChI is InChI=1S/C26H26N8O2/c1-36-26-22-10-16(2-3-23(22)30-15-31-26)20-6-9-28-24-21(20)11-17(12-29-24)25(35)33-18-13-32-34(14-18)19-4-7-27-8-5-19/h2-3,6,10-15,19,27H,4-5,7-9H2,1H3,(H,28,29)(H,33,35). The van der Waals surface area contributed by atoms with Gasteiger partial charge in [-0.3, -0.25) is 9.48 Å². The van der Waals surface area contributed by atoms with Crippen LogP contribution in [0.25, 0.3) is 16.5 Å². The number of hydrogen-bond donors (Lipinski definition) is 3. The van der Waals surface area contributed by atoms with E-state index >= 15 is 0 Å². The van der Waals surface area contributed by atoms with E-state index in [0.717, 1.165) is 59.4 Å². The summed E-state index contributed by atoms with van der Waals surface area (Å²) >= 11 is 0. The maximum atomic E-state index is 13.1. The van der Waals surface area contributed by atoms with E-state index in [9.17, 15) is 4.79 Å². The molecule has 0 radical (unpaired) electrons. The molecule has 10 nitrogen and oxygen atoms in total. The van der Waals surface area contributed by atoms with E-state index in [-0.39, 0.29) is 5.91 Å². The lowest BCUT2D eigenvalue weighted by Gasteiger charge is -2.22. The Labute approximate surface area is 207 Å². The highest BCUT2D eigenvalue weighted by Gasteiger charge is 2.20. The number of ether oxygens (including phenoxy) is 1. The first-order chi connectivity index (χ1) is 17.7. The van der Waals surface area contributed by atoms with Gasteiger partial charge in [-0.2, -0.15) is 5.10 Å². The Bertz CT molecular complexity index is 1470. The summed E-state index contributed by atoms with van der Waals surface area (Å²) < 4.78 is 7.38. The molecule has 1 saturated heterocycles. The molecular weight excluding hydrogens is 456 g/mol. The number of methoxy groups -OCH3 is 1. The van der Waals surface area contributed by atoms with Gasteiger partial charge in [-0.15, -0.1) is 0 Å². The molecule has 1 amide bonds. The first kappa shape index (κ1) is 22.2. The summed E-state index contributed by atoms with van der Waals surface area (Å²) in [6.45, 7) is 2.60. The molecule has 10 heteroatoms. The largest absolute Gasteiger partial charge is 0.480 e. The summed E-state index contributed by atoms with van der Waals surface area (Å²) in [7, 11) is 1.60. The lowest BCUT2D eigenvalue weighted by Crippen LogP contribution is -2.29. The molecule has 6 rings (SSSR count). The van der Waals surface area contributed by atoms with Gasteiger partial charge in [0.15, 0.2) is 0 Å². The van der Waals surface area contributed by atoms with E-state index in [4.69, 9.17) is 4.74 Å². The third kappa shape index (κ3) is 4.16. The van der Waals surface area contributed by atoms with Gasteiger partial charge in [0.25, 0.3) is 5.91 Å². The highest BCUT2D eigenvalue weighted by Crippen LogP contribution is 2.34. The van der Waals surface area contributed by atoms with Crippen LogP contribution in [-0.2, 0) is 0 Å². The molecule has 4 aromatic rings. The molecule has 0 unspecified atom stereocenters. The number of carbonyl (C=O) groups is 1. The van der Waals surface area contributed by atoms with E-state index < -0.39 is 0 Å². The molecule has 0 spiro atoms. The van der Waals surface area contributed by atoms with Crippen LogP contribution >= 0.6 is 0 Å². The quantitative estimate of drug-likeness (QED) is 0.397. The maximum absolute atomic E-state index is 13.1. The number of benzene rings is 1. The van der Waals surface area contributed by atoms with Crippen LogP contribution in [0.15, 0.2) is 55.3 Å². The Balaban J connectivity index is 1.27. The highest BCUT2D eigenvalue weighted by molar-refractivity contribution is 6.05. The average Bonchev–Trinajstić information content (AvgIpc) is 3.40. The smallest absolute Gasteiger partial charge is 0.257 e. The summed E-state index contributed by atoms with van der Waals surface area (Å²) in [4.78, 5) is 26.2. The monoisotopic (exact) mass is 482 g/mol. The van der Waals surface area contributed by atoms with Crippen molar-refractivity contribution in [3.05, 3.63) is 71.9 Å². The number of hydrogen-bond acceptors (Lipinski definition) is 8. The van der Waals surface area contributed by atoms with Crippen LogP contribution in [-0.4, -0.2) is 57.4 Å². The number of anilines is 2. The van der Waals surface area contributed by atoms with Crippen LogP contribution in [0.1, 0.15) is 40.4 Å². The van der Waals surface area contributed by atoms with E-state index in [2.05, 4.69) is 42.1 Å². The molecule has 36 heavy (non-hydrogen) atoms. The molecule has 2 aliphatic heterocycles. The van der Waals surface area contributed by atoms with Gasteiger partial charge in [0.05, 0.1) is 41.5 Å². The van der Waals surface area contributed by atoms with Crippen LogP contribution in [0, 0.1) is 0 Å². The number of rotatable bonds is 5. The van der Waals surface area contributed by atoms with Crippen molar-refractivity contribution in [2.45, 2.75) is 18.9 Å². The minimum Gasteiger partial charge on any atom is -0.480 e. The molecule has 1 fully saturated rings. The van der Waals surface area contributed by atoms with Crippen molar-refractivity contribution in [2.75, 3.05) is 37.4 Å². The topological polar surface area (TPSA) is 119 Å². The zero-order valence-electron chi connectivity index (χ0n) is 19.9. The minimum absolute atomic E-state index is 0.228. The van der Waals surface area contributed by atoms with Crippen molar-refractivity contribution in [1.82, 2.24) is 30.0 Å². The van der Waals surface area contributed by atoms with Crippen molar-refractivity contribution in [3.63, 3.8) is 0 Å². The molecule has 1 aromatic carbocycles. The Morgan fingerprint density at radius 3 is 2.89 bits per heavy atom. The van der Waals surface area contributed by atoms with Gasteiger partial charge >= 0.3 is 0 Å². The molecule has 5 heterocycles. The molecule has 0 atom stereocenters.